The summed E-state index contributed by atoms with van der Waals surface area (Å²) in [5, 5.41) is 0. The molecule has 0 spiro atoms. The first-order valence-corrected chi connectivity index (χ1v) is 12.1. The van der Waals surface area contributed by atoms with E-state index < -0.39 is 0 Å². The van der Waals surface area contributed by atoms with Crippen molar-refractivity contribution in [2.45, 2.75) is 26.7 Å². The lowest BCUT2D eigenvalue weighted by molar-refractivity contribution is 0.452. The number of fused-ring (bicyclic) bond motifs is 2. The molecule has 4 aromatic carbocycles. The number of hydrogen-bond acceptors (Lipinski definition) is 1. The van der Waals surface area contributed by atoms with Crippen LogP contribution in [0.5, 0.6) is 11.5 Å². The number of hydrogen-bond donors (Lipinski definition) is 0. The van der Waals surface area contributed by atoms with E-state index in [2.05, 4.69) is 124 Å². The Balaban J connectivity index is 1.97. The summed E-state index contributed by atoms with van der Waals surface area (Å²) in [5.41, 5.74) is 10.7. The Bertz CT molecular complexity index is 1350. The van der Waals surface area contributed by atoms with E-state index in [4.69, 9.17) is 4.74 Å². The van der Waals surface area contributed by atoms with Crippen LogP contribution in [0.3, 0.4) is 0 Å². The van der Waals surface area contributed by atoms with Crippen LogP contribution in [0.15, 0.2) is 138 Å². The van der Waals surface area contributed by atoms with Gasteiger partial charge in [0.05, 0.1) is 0 Å². The maximum Gasteiger partial charge on any atom is 0.131 e. The van der Waals surface area contributed by atoms with Crippen LogP contribution in [-0.4, -0.2) is 0 Å². The molecular weight excluding hydrogens is 424 g/mol. The normalized spacial score (nSPS) is 12.1. The molecule has 0 aliphatic carbocycles. The van der Waals surface area contributed by atoms with E-state index in [1.807, 2.05) is 12.1 Å². The third-order valence-electron chi connectivity index (χ3n) is 6.56. The average molecular weight is 455 g/mol. The maximum atomic E-state index is 6.39. The molecule has 5 rings (SSSR count). The lowest BCUT2D eigenvalue weighted by Gasteiger charge is -2.34. The molecule has 1 nitrogen and oxygen atoms in total. The lowest BCUT2D eigenvalue weighted by Crippen LogP contribution is -2.16. The minimum Gasteiger partial charge on any atom is -0.457 e. The van der Waals surface area contributed by atoms with Gasteiger partial charge in [0.15, 0.2) is 0 Å². The number of ether oxygens (including phenoxy) is 1. The molecule has 35 heavy (non-hydrogen) atoms. The zero-order valence-corrected chi connectivity index (χ0v) is 20.6. The van der Waals surface area contributed by atoms with Crippen molar-refractivity contribution in [1.29, 1.82) is 0 Å². The molecule has 0 N–H and O–H groups in total. The Labute approximate surface area is 208 Å². The van der Waals surface area contributed by atoms with Crippen molar-refractivity contribution in [1.82, 2.24) is 0 Å². The van der Waals surface area contributed by atoms with Crippen molar-refractivity contribution in [3.63, 3.8) is 0 Å². The quantitative estimate of drug-likeness (QED) is 0.273. The van der Waals surface area contributed by atoms with E-state index in [0.29, 0.717) is 0 Å². The van der Waals surface area contributed by atoms with Gasteiger partial charge in [-0.3, -0.25) is 0 Å². The van der Waals surface area contributed by atoms with Crippen molar-refractivity contribution in [2.75, 3.05) is 0 Å². The standard InChI is InChI=1S/C34H30O/c1-23(2)31(24(3)4)34(32(25-15-7-5-8-16-25)26-17-9-6-10-18-26)33-27-19-11-13-21-29(27)35-30-22-14-12-20-28(30)33/h5-22,33H,1H2,2-4H3. The van der Waals surface area contributed by atoms with Gasteiger partial charge in [-0.15, -0.1) is 0 Å². The van der Waals surface area contributed by atoms with Crippen molar-refractivity contribution in [3.8, 4) is 11.5 Å². The Morgan fingerprint density at radius 3 is 1.46 bits per heavy atom. The van der Waals surface area contributed by atoms with E-state index in [1.165, 1.54) is 44.5 Å². The molecule has 0 saturated carbocycles. The fourth-order valence-electron chi connectivity index (χ4n) is 5.25. The minimum atomic E-state index is -0.00633. The molecular formula is C34H30O. The van der Waals surface area contributed by atoms with Gasteiger partial charge in [0.25, 0.3) is 0 Å². The Kier molecular flexibility index (Phi) is 6.25. The van der Waals surface area contributed by atoms with Crippen molar-refractivity contribution >= 4 is 5.57 Å². The first-order valence-electron chi connectivity index (χ1n) is 12.1. The summed E-state index contributed by atoms with van der Waals surface area (Å²) in [6, 6.07) is 38.3. The summed E-state index contributed by atoms with van der Waals surface area (Å²) >= 11 is 0. The molecule has 4 aromatic rings. The molecule has 0 amide bonds. The van der Waals surface area contributed by atoms with Gasteiger partial charge in [0.2, 0.25) is 0 Å². The van der Waals surface area contributed by atoms with Crippen LogP contribution < -0.4 is 4.74 Å². The highest BCUT2D eigenvalue weighted by Crippen LogP contribution is 2.52. The van der Waals surface area contributed by atoms with Crippen LogP contribution in [0.1, 0.15) is 48.9 Å². The molecule has 0 aromatic heterocycles. The van der Waals surface area contributed by atoms with Gasteiger partial charge in [-0.25, -0.2) is 0 Å². The fraction of sp³-hybridized carbons (Fsp3) is 0.118. The fourth-order valence-corrected chi connectivity index (χ4v) is 5.25. The van der Waals surface area contributed by atoms with Crippen LogP contribution in [0.4, 0.5) is 0 Å². The zero-order valence-electron chi connectivity index (χ0n) is 20.6. The molecule has 172 valence electrons. The van der Waals surface area contributed by atoms with Crippen LogP contribution in [-0.2, 0) is 0 Å². The minimum absolute atomic E-state index is 0.00633. The molecule has 1 heterocycles. The van der Waals surface area contributed by atoms with Crippen LogP contribution >= 0.6 is 0 Å². The molecule has 1 aliphatic rings. The maximum absolute atomic E-state index is 6.39. The van der Waals surface area contributed by atoms with Crippen molar-refractivity contribution in [3.05, 3.63) is 160 Å². The van der Waals surface area contributed by atoms with Gasteiger partial charge in [-0.05, 0) is 60.8 Å². The molecule has 0 fully saturated rings. The Morgan fingerprint density at radius 2 is 1.03 bits per heavy atom. The van der Waals surface area contributed by atoms with Crippen LogP contribution in [0.25, 0.3) is 5.57 Å². The summed E-state index contributed by atoms with van der Waals surface area (Å²) in [7, 11) is 0. The third kappa shape index (κ3) is 4.26. The zero-order chi connectivity index (χ0) is 24.4. The van der Waals surface area contributed by atoms with Gasteiger partial charge in [0, 0.05) is 17.0 Å². The molecule has 0 radical (unpaired) electrons. The Hall–Kier alpha value is -4.10. The van der Waals surface area contributed by atoms with Gasteiger partial charge in [-0.2, -0.15) is 0 Å². The van der Waals surface area contributed by atoms with Crippen molar-refractivity contribution in [2.24, 2.45) is 0 Å². The first kappa shape index (κ1) is 22.7. The topological polar surface area (TPSA) is 9.23 Å². The second kappa shape index (κ2) is 9.64. The molecule has 1 aliphatic heterocycles. The summed E-state index contributed by atoms with van der Waals surface area (Å²) < 4.78 is 6.39. The van der Waals surface area contributed by atoms with Crippen molar-refractivity contribution < 1.29 is 4.74 Å². The van der Waals surface area contributed by atoms with Crippen LogP contribution in [0, 0.1) is 0 Å². The molecule has 0 atom stereocenters. The highest BCUT2D eigenvalue weighted by Gasteiger charge is 2.34. The van der Waals surface area contributed by atoms with Gasteiger partial charge in [-0.1, -0.05) is 115 Å². The third-order valence-corrected chi connectivity index (χ3v) is 6.56. The monoisotopic (exact) mass is 454 g/mol. The van der Waals surface area contributed by atoms with E-state index in [0.717, 1.165) is 17.1 Å². The van der Waals surface area contributed by atoms with E-state index in [9.17, 15) is 0 Å². The molecule has 0 unspecified atom stereocenters. The Morgan fingerprint density at radius 1 is 0.600 bits per heavy atom. The highest BCUT2D eigenvalue weighted by molar-refractivity contribution is 5.88. The summed E-state index contributed by atoms with van der Waals surface area (Å²) in [4.78, 5) is 0. The lowest BCUT2D eigenvalue weighted by atomic mass is 9.73. The second-order valence-electron chi connectivity index (χ2n) is 9.29. The predicted octanol–water partition coefficient (Wildman–Crippen LogP) is 9.34. The summed E-state index contributed by atoms with van der Waals surface area (Å²) in [6.07, 6.45) is 0. The molecule has 0 saturated heterocycles. The predicted molar refractivity (Wildman–Crippen MR) is 147 cm³/mol. The molecule has 0 bridgehead atoms. The summed E-state index contributed by atoms with van der Waals surface area (Å²) in [5.74, 6) is 1.81. The summed E-state index contributed by atoms with van der Waals surface area (Å²) in [6.45, 7) is 10.9. The van der Waals surface area contributed by atoms with E-state index >= 15 is 0 Å². The van der Waals surface area contributed by atoms with Gasteiger partial charge >= 0.3 is 0 Å². The number of rotatable bonds is 5. The van der Waals surface area contributed by atoms with E-state index in [1.54, 1.807) is 0 Å². The number of para-hydroxylation sites is 2. The average Bonchev–Trinajstić information content (AvgIpc) is 2.88. The first-order chi connectivity index (χ1) is 17.1. The molecule has 1 heteroatoms. The van der Waals surface area contributed by atoms with Gasteiger partial charge < -0.3 is 4.74 Å². The second-order valence-corrected chi connectivity index (χ2v) is 9.29. The highest BCUT2D eigenvalue weighted by atomic mass is 16.5. The number of allylic oxidation sites excluding steroid dienone is 4. The van der Waals surface area contributed by atoms with Gasteiger partial charge in [0.1, 0.15) is 11.5 Å². The van der Waals surface area contributed by atoms with E-state index in [-0.39, 0.29) is 5.92 Å². The smallest absolute Gasteiger partial charge is 0.131 e. The largest absolute Gasteiger partial charge is 0.457 e. The number of benzene rings is 4. The van der Waals surface area contributed by atoms with Crippen LogP contribution in [0.2, 0.25) is 0 Å². The SMILES string of the molecule is C=C(C)C(=C(C)C)C(=C(c1ccccc1)c1ccccc1)C1c2ccccc2Oc2ccccc21.